The maximum atomic E-state index is 14.1. The summed E-state index contributed by atoms with van der Waals surface area (Å²) < 4.78 is 27.6. The van der Waals surface area contributed by atoms with Crippen LogP contribution in [0, 0.1) is 17.0 Å². The third kappa shape index (κ3) is 3.34. The van der Waals surface area contributed by atoms with E-state index >= 15 is 0 Å². The molecule has 0 bridgehead atoms. The molecule has 2 rings (SSSR count). The monoisotopic (exact) mass is 297 g/mol. The minimum absolute atomic E-state index is 0.0138. The molecule has 1 heterocycles. The van der Waals surface area contributed by atoms with Crippen molar-refractivity contribution in [2.45, 2.75) is 52.1 Å². The Morgan fingerprint density at radius 1 is 1.33 bits per heavy atom. The summed E-state index contributed by atoms with van der Waals surface area (Å²) in [6.07, 6.45) is 1.85. The fourth-order valence-corrected chi connectivity index (χ4v) is 3.09. The Morgan fingerprint density at radius 3 is 2.57 bits per heavy atom. The highest BCUT2D eigenvalue weighted by Gasteiger charge is 2.40. The van der Waals surface area contributed by atoms with Crippen LogP contribution in [0.5, 0.6) is 0 Å². The number of hydrogen-bond acceptors (Lipinski definition) is 2. The molecule has 21 heavy (non-hydrogen) atoms. The smallest absolute Gasteiger partial charge is 0.326 e. The van der Waals surface area contributed by atoms with Gasteiger partial charge in [0.25, 0.3) is 0 Å². The third-order valence-corrected chi connectivity index (χ3v) is 3.84. The molecule has 0 saturated carbocycles. The summed E-state index contributed by atoms with van der Waals surface area (Å²) in [5.41, 5.74) is 0.0364. The summed E-state index contributed by atoms with van der Waals surface area (Å²) in [4.78, 5) is 13.0. The summed E-state index contributed by atoms with van der Waals surface area (Å²) in [5, 5.41) is 9.36. The molecule has 3 nitrogen and oxygen atoms in total. The largest absolute Gasteiger partial charge is 0.480 e. The molecule has 0 aromatic heterocycles. The second-order valence-electron chi connectivity index (χ2n) is 6.83. The van der Waals surface area contributed by atoms with E-state index in [9.17, 15) is 18.7 Å². The van der Waals surface area contributed by atoms with Crippen LogP contribution in [-0.2, 0) is 4.79 Å². The highest BCUT2D eigenvalue weighted by Crippen LogP contribution is 2.38. The molecule has 1 saturated heterocycles. The number of rotatable bonds is 3. The molecule has 1 N–H and O–H groups in total. The molecule has 1 fully saturated rings. The minimum atomic E-state index is -0.991. The molecule has 1 aromatic rings. The summed E-state index contributed by atoms with van der Waals surface area (Å²) in [7, 11) is 0. The van der Waals surface area contributed by atoms with Gasteiger partial charge in [-0.2, -0.15) is 0 Å². The second kappa shape index (κ2) is 5.62. The van der Waals surface area contributed by atoms with Crippen LogP contribution in [-0.4, -0.2) is 23.2 Å². The van der Waals surface area contributed by atoms with E-state index in [0.29, 0.717) is 12.8 Å². The van der Waals surface area contributed by atoms with E-state index in [4.69, 9.17) is 0 Å². The first-order valence-electron chi connectivity index (χ1n) is 7.16. The Labute approximate surface area is 123 Å². The van der Waals surface area contributed by atoms with Crippen LogP contribution in [0.25, 0.3) is 0 Å². The normalized spacial score (nSPS) is 22.6. The van der Waals surface area contributed by atoms with Gasteiger partial charge in [-0.25, -0.2) is 13.6 Å². The number of carboxylic acid groups (broad SMARTS) is 1. The summed E-state index contributed by atoms with van der Waals surface area (Å²) >= 11 is 0. The van der Waals surface area contributed by atoms with Crippen LogP contribution in [0.15, 0.2) is 18.2 Å². The van der Waals surface area contributed by atoms with Crippen LogP contribution >= 0.6 is 0 Å². The van der Waals surface area contributed by atoms with E-state index in [2.05, 4.69) is 20.8 Å². The first-order chi connectivity index (χ1) is 9.70. The van der Waals surface area contributed by atoms with Crippen molar-refractivity contribution in [3.05, 3.63) is 29.8 Å². The number of anilines is 1. The van der Waals surface area contributed by atoms with Crippen molar-refractivity contribution in [1.29, 1.82) is 0 Å². The summed E-state index contributed by atoms with van der Waals surface area (Å²) in [6, 6.07) is 3.02. The first kappa shape index (κ1) is 15.7. The molecule has 0 spiro atoms. The van der Waals surface area contributed by atoms with Crippen LogP contribution in [0.4, 0.5) is 14.5 Å². The van der Waals surface area contributed by atoms with Gasteiger partial charge in [0.05, 0.1) is 5.69 Å². The van der Waals surface area contributed by atoms with Gasteiger partial charge in [-0.15, -0.1) is 0 Å². The fourth-order valence-electron chi connectivity index (χ4n) is 3.09. The number of hydrogen-bond donors (Lipinski definition) is 1. The molecule has 2 atom stereocenters. The minimum Gasteiger partial charge on any atom is -0.480 e. The number of benzene rings is 1. The quantitative estimate of drug-likeness (QED) is 0.922. The molecule has 5 heteroatoms. The number of aliphatic carboxylic acids is 1. The van der Waals surface area contributed by atoms with Gasteiger partial charge in [-0.05, 0) is 36.8 Å². The number of carboxylic acids is 1. The topological polar surface area (TPSA) is 40.5 Å². The van der Waals surface area contributed by atoms with E-state index in [-0.39, 0.29) is 17.1 Å². The lowest BCUT2D eigenvalue weighted by atomic mass is 9.87. The predicted octanol–water partition coefficient (Wildman–Crippen LogP) is 3.82. The van der Waals surface area contributed by atoms with E-state index in [0.717, 1.165) is 12.5 Å². The molecule has 0 amide bonds. The molecule has 0 radical (unpaired) electrons. The lowest BCUT2D eigenvalue weighted by molar-refractivity contribution is -0.138. The first-order valence-corrected chi connectivity index (χ1v) is 7.16. The Morgan fingerprint density at radius 2 is 2.00 bits per heavy atom. The predicted molar refractivity (Wildman–Crippen MR) is 77.4 cm³/mol. The zero-order valence-electron chi connectivity index (χ0n) is 12.6. The van der Waals surface area contributed by atoms with Crippen molar-refractivity contribution in [1.82, 2.24) is 0 Å². The maximum absolute atomic E-state index is 14.1. The lowest BCUT2D eigenvalue weighted by Crippen LogP contribution is -2.42. The standard InChI is InChI=1S/C16H21F2NO2/c1-16(2,3)9-10-7-8-13(15(20)21)19(10)12-6-4-5-11(17)14(12)18/h4-6,10,13H,7-9H2,1-3H3,(H,20,21). The molecule has 1 aliphatic heterocycles. The summed E-state index contributed by atoms with van der Waals surface area (Å²) in [6.45, 7) is 6.17. The fraction of sp³-hybridized carbons (Fsp3) is 0.562. The number of halogens is 2. The Hall–Kier alpha value is -1.65. The molecule has 116 valence electrons. The van der Waals surface area contributed by atoms with E-state index < -0.39 is 23.6 Å². The van der Waals surface area contributed by atoms with E-state index in [1.54, 1.807) is 4.90 Å². The van der Waals surface area contributed by atoms with Gasteiger partial charge < -0.3 is 10.0 Å². The van der Waals surface area contributed by atoms with Crippen LogP contribution in [0.3, 0.4) is 0 Å². The second-order valence-corrected chi connectivity index (χ2v) is 6.83. The third-order valence-electron chi connectivity index (χ3n) is 3.84. The average molecular weight is 297 g/mol. The van der Waals surface area contributed by atoms with E-state index in [1.165, 1.54) is 12.1 Å². The van der Waals surface area contributed by atoms with Gasteiger partial charge in [-0.1, -0.05) is 26.8 Å². The zero-order chi connectivity index (χ0) is 15.8. The van der Waals surface area contributed by atoms with E-state index in [1.807, 2.05) is 0 Å². The van der Waals surface area contributed by atoms with Crippen molar-refractivity contribution in [3.8, 4) is 0 Å². The van der Waals surface area contributed by atoms with Crippen LogP contribution in [0.2, 0.25) is 0 Å². The highest BCUT2D eigenvalue weighted by molar-refractivity contribution is 5.79. The lowest BCUT2D eigenvalue weighted by Gasteiger charge is -2.34. The van der Waals surface area contributed by atoms with Crippen molar-refractivity contribution < 1.29 is 18.7 Å². The molecular weight excluding hydrogens is 276 g/mol. The highest BCUT2D eigenvalue weighted by atomic mass is 19.2. The SMILES string of the molecule is CC(C)(C)CC1CCC(C(=O)O)N1c1cccc(F)c1F. The van der Waals surface area contributed by atoms with Crippen molar-refractivity contribution in [2.24, 2.45) is 5.41 Å². The van der Waals surface area contributed by atoms with Gasteiger partial charge in [0.15, 0.2) is 11.6 Å². The van der Waals surface area contributed by atoms with Crippen LogP contribution in [0.1, 0.15) is 40.0 Å². The number of nitrogens with zero attached hydrogens (tertiary/aromatic N) is 1. The van der Waals surface area contributed by atoms with Crippen molar-refractivity contribution >= 4 is 11.7 Å². The van der Waals surface area contributed by atoms with Gasteiger partial charge >= 0.3 is 5.97 Å². The van der Waals surface area contributed by atoms with Gasteiger partial charge in [-0.3, -0.25) is 0 Å². The Balaban J connectivity index is 2.41. The van der Waals surface area contributed by atoms with Crippen molar-refractivity contribution in [2.75, 3.05) is 4.90 Å². The molecule has 0 aliphatic carbocycles. The Kier molecular flexibility index (Phi) is 4.21. The zero-order valence-corrected chi connectivity index (χ0v) is 12.6. The molecule has 2 unspecified atom stereocenters. The average Bonchev–Trinajstić information content (AvgIpc) is 2.74. The van der Waals surface area contributed by atoms with Crippen LogP contribution < -0.4 is 4.90 Å². The van der Waals surface area contributed by atoms with Gasteiger partial charge in [0.1, 0.15) is 6.04 Å². The maximum Gasteiger partial charge on any atom is 0.326 e. The molecule has 1 aliphatic rings. The van der Waals surface area contributed by atoms with Crippen molar-refractivity contribution in [3.63, 3.8) is 0 Å². The van der Waals surface area contributed by atoms with Gasteiger partial charge in [0.2, 0.25) is 0 Å². The Bertz CT molecular complexity index is 540. The summed E-state index contributed by atoms with van der Waals surface area (Å²) in [5.74, 6) is -2.90. The van der Waals surface area contributed by atoms with Gasteiger partial charge in [0, 0.05) is 6.04 Å². The molecule has 1 aromatic carbocycles. The number of carbonyl (C=O) groups is 1. The molecular formula is C16H21F2NO2.